The van der Waals surface area contributed by atoms with Gasteiger partial charge in [-0.25, -0.2) is 4.98 Å². The zero-order valence-corrected chi connectivity index (χ0v) is 6.52. The lowest BCUT2D eigenvalue weighted by Crippen LogP contribution is -2.10. The molecule has 0 amide bonds. The predicted molar refractivity (Wildman–Crippen MR) is 43.9 cm³/mol. The van der Waals surface area contributed by atoms with Gasteiger partial charge in [-0.05, 0) is 18.9 Å². The number of imidazole rings is 1. The van der Waals surface area contributed by atoms with Crippen LogP contribution in [-0.2, 0) is 6.42 Å². The molecule has 0 saturated heterocycles. The first kappa shape index (κ1) is 6.46. The number of hydrogen-bond donors (Lipinski definition) is 2. The van der Waals surface area contributed by atoms with E-state index in [1.54, 1.807) is 6.33 Å². The molecule has 1 aromatic rings. The number of H-pyrrole nitrogens is 1. The Morgan fingerprint density at radius 3 is 3.27 bits per heavy atom. The first-order valence-electron chi connectivity index (χ1n) is 3.80. The van der Waals surface area contributed by atoms with Gasteiger partial charge in [0.05, 0.1) is 12.0 Å². The highest BCUT2D eigenvalue weighted by atomic mass is 14.9. The molecule has 1 heterocycles. The van der Waals surface area contributed by atoms with Crippen LogP contribution in [0, 0.1) is 0 Å². The third-order valence-corrected chi connectivity index (χ3v) is 2.03. The molecule has 11 heavy (non-hydrogen) atoms. The van der Waals surface area contributed by atoms with Crippen molar-refractivity contribution in [1.82, 2.24) is 15.3 Å². The highest BCUT2D eigenvalue weighted by molar-refractivity contribution is 5.53. The maximum absolute atomic E-state index is 4.18. The molecule has 1 aliphatic carbocycles. The summed E-state index contributed by atoms with van der Waals surface area (Å²) in [5.74, 6) is 0. The number of fused-ring (bicyclic) bond motifs is 1. The van der Waals surface area contributed by atoms with Crippen molar-refractivity contribution in [3.8, 4) is 0 Å². The van der Waals surface area contributed by atoms with Crippen molar-refractivity contribution in [3.63, 3.8) is 0 Å². The van der Waals surface area contributed by atoms with Crippen LogP contribution in [0.25, 0.3) is 6.08 Å². The van der Waals surface area contributed by atoms with Gasteiger partial charge in [0.15, 0.2) is 0 Å². The molecule has 0 spiro atoms. The molecule has 0 fully saturated rings. The number of rotatable bonds is 1. The summed E-state index contributed by atoms with van der Waals surface area (Å²) in [5, 5.41) is 3.14. The molecule has 3 heteroatoms. The predicted octanol–water partition coefficient (Wildman–Crippen LogP) is 0.916. The first-order chi connectivity index (χ1) is 5.40. The van der Waals surface area contributed by atoms with E-state index in [4.69, 9.17) is 0 Å². The molecular formula is C8H11N3. The van der Waals surface area contributed by atoms with Crippen LogP contribution < -0.4 is 5.32 Å². The summed E-state index contributed by atoms with van der Waals surface area (Å²) in [7, 11) is 1.95. The average Bonchev–Trinajstić information content (AvgIpc) is 2.50. The van der Waals surface area contributed by atoms with Gasteiger partial charge in [-0.2, -0.15) is 0 Å². The largest absolute Gasteiger partial charge is 0.391 e. The Morgan fingerprint density at radius 2 is 2.45 bits per heavy atom. The molecule has 0 radical (unpaired) electrons. The van der Waals surface area contributed by atoms with Crippen molar-refractivity contribution in [3.05, 3.63) is 23.4 Å². The first-order valence-corrected chi connectivity index (χ1v) is 3.80. The van der Waals surface area contributed by atoms with Crippen molar-refractivity contribution in [2.24, 2.45) is 0 Å². The Balaban J connectivity index is 2.37. The van der Waals surface area contributed by atoms with E-state index in [2.05, 4.69) is 21.4 Å². The molecule has 0 aromatic carbocycles. The van der Waals surface area contributed by atoms with Crippen LogP contribution in [0.4, 0.5) is 0 Å². The van der Waals surface area contributed by atoms with Gasteiger partial charge >= 0.3 is 0 Å². The number of aromatic nitrogens is 2. The van der Waals surface area contributed by atoms with E-state index >= 15 is 0 Å². The molecular weight excluding hydrogens is 138 g/mol. The van der Waals surface area contributed by atoms with Gasteiger partial charge < -0.3 is 10.3 Å². The van der Waals surface area contributed by atoms with E-state index in [0.29, 0.717) is 0 Å². The molecule has 1 aromatic heterocycles. The molecule has 1 aliphatic rings. The summed E-state index contributed by atoms with van der Waals surface area (Å²) in [4.78, 5) is 7.30. The molecule has 0 unspecified atom stereocenters. The quantitative estimate of drug-likeness (QED) is 0.623. The minimum atomic E-state index is 1.07. The van der Waals surface area contributed by atoms with Gasteiger partial charge in [0, 0.05) is 18.4 Å². The Bertz CT molecular complexity index is 285. The van der Waals surface area contributed by atoms with Crippen LogP contribution in [-0.4, -0.2) is 17.0 Å². The van der Waals surface area contributed by atoms with Crippen LogP contribution in [0.3, 0.4) is 0 Å². The van der Waals surface area contributed by atoms with E-state index in [0.717, 1.165) is 18.5 Å². The Hall–Kier alpha value is -1.25. The summed E-state index contributed by atoms with van der Waals surface area (Å²) in [6.45, 7) is 0. The van der Waals surface area contributed by atoms with Gasteiger partial charge in [0.2, 0.25) is 0 Å². The van der Waals surface area contributed by atoms with Gasteiger partial charge in [0.1, 0.15) is 0 Å². The summed E-state index contributed by atoms with van der Waals surface area (Å²) in [5.41, 5.74) is 3.61. The highest BCUT2D eigenvalue weighted by Gasteiger charge is 2.10. The van der Waals surface area contributed by atoms with Gasteiger partial charge in [0.25, 0.3) is 0 Å². The lowest BCUT2D eigenvalue weighted by molar-refractivity contribution is 0.814. The Labute approximate surface area is 65.5 Å². The minimum Gasteiger partial charge on any atom is -0.391 e. The zero-order chi connectivity index (χ0) is 7.68. The van der Waals surface area contributed by atoms with Crippen molar-refractivity contribution in [2.75, 3.05) is 7.05 Å². The monoisotopic (exact) mass is 149 g/mol. The molecule has 0 saturated carbocycles. The maximum atomic E-state index is 4.18. The van der Waals surface area contributed by atoms with Gasteiger partial charge in [-0.15, -0.1) is 0 Å². The molecule has 0 aliphatic heterocycles. The number of aromatic amines is 1. The lowest BCUT2D eigenvalue weighted by atomic mass is 10.1. The highest BCUT2D eigenvalue weighted by Crippen LogP contribution is 2.18. The van der Waals surface area contributed by atoms with Crippen molar-refractivity contribution in [1.29, 1.82) is 0 Å². The summed E-state index contributed by atoms with van der Waals surface area (Å²) in [6, 6.07) is 0. The van der Waals surface area contributed by atoms with Crippen LogP contribution in [0.1, 0.15) is 17.8 Å². The van der Waals surface area contributed by atoms with E-state index in [1.165, 1.54) is 11.4 Å². The minimum absolute atomic E-state index is 1.07. The summed E-state index contributed by atoms with van der Waals surface area (Å²) >= 11 is 0. The van der Waals surface area contributed by atoms with E-state index < -0.39 is 0 Å². The molecule has 0 atom stereocenters. The smallest absolute Gasteiger partial charge is 0.0929 e. The normalized spacial score (nSPS) is 15.5. The second kappa shape index (κ2) is 2.42. The van der Waals surface area contributed by atoms with Crippen LogP contribution in [0.5, 0.6) is 0 Å². The molecule has 3 nitrogen and oxygen atoms in total. The van der Waals surface area contributed by atoms with Crippen molar-refractivity contribution in [2.45, 2.75) is 12.8 Å². The maximum Gasteiger partial charge on any atom is 0.0929 e. The molecule has 2 N–H and O–H groups in total. The Kier molecular flexibility index (Phi) is 1.42. The van der Waals surface area contributed by atoms with Crippen LogP contribution >= 0.6 is 0 Å². The number of allylic oxidation sites excluding steroid dienone is 1. The van der Waals surface area contributed by atoms with E-state index in [-0.39, 0.29) is 0 Å². The second-order valence-corrected chi connectivity index (χ2v) is 2.69. The van der Waals surface area contributed by atoms with Crippen LogP contribution in [0.15, 0.2) is 12.0 Å². The number of nitrogens with one attached hydrogen (secondary N) is 2. The lowest BCUT2D eigenvalue weighted by Gasteiger charge is -2.10. The topological polar surface area (TPSA) is 40.7 Å². The third-order valence-electron chi connectivity index (χ3n) is 2.03. The van der Waals surface area contributed by atoms with E-state index in [9.17, 15) is 0 Å². The zero-order valence-electron chi connectivity index (χ0n) is 6.52. The number of nitrogens with zero attached hydrogens (tertiary/aromatic N) is 1. The summed E-state index contributed by atoms with van der Waals surface area (Å²) < 4.78 is 0. The molecule has 2 rings (SSSR count). The Morgan fingerprint density at radius 1 is 1.55 bits per heavy atom. The fourth-order valence-corrected chi connectivity index (χ4v) is 1.35. The SMILES string of the molecule is CNC1=Cc2nc[nH]c2CC1. The number of hydrogen-bond acceptors (Lipinski definition) is 2. The standard InChI is InChI=1S/C8H11N3/c1-9-6-2-3-7-8(4-6)11-5-10-7/h4-5,9H,2-3H2,1H3,(H,10,11). The second-order valence-electron chi connectivity index (χ2n) is 2.69. The van der Waals surface area contributed by atoms with E-state index in [1.807, 2.05) is 7.05 Å². The van der Waals surface area contributed by atoms with Crippen LogP contribution in [0.2, 0.25) is 0 Å². The fourth-order valence-electron chi connectivity index (χ4n) is 1.35. The van der Waals surface area contributed by atoms with Crippen molar-refractivity contribution < 1.29 is 0 Å². The van der Waals surface area contributed by atoms with Gasteiger partial charge in [-0.1, -0.05) is 0 Å². The average molecular weight is 149 g/mol. The molecule has 58 valence electrons. The van der Waals surface area contributed by atoms with Crippen molar-refractivity contribution >= 4 is 6.08 Å². The summed E-state index contributed by atoms with van der Waals surface area (Å²) in [6.07, 6.45) is 6.00. The fraction of sp³-hybridized carbons (Fsp3) is 0.375. The third kappa shape index (κ3) is 1.02. The van der Waals surface area contributed by atoms with Gasteiger partial charge in [-0.3, -0.25) is 0 Å². The number of aryl methyl sites for hydroxylation is 1. The molecule has 0 bridgehead atoms.